The summed E-state index contributed by atoms with van der Waals surface area (Å²) in [6.45, 7) is 4.71. The van der Waals surface area contributed by atoms with Gasteiger partial charge < -0.3 is 9.47 Å². The van der Waals surface area contributed by atoms with Crippen LogP contribution in [0.2, 0.25) is 0 Å². The van der Waals surface area contributed by atoms with Crippen LogP contribution in [0.5, 0.6) is 0 Å². The molecule has 100 valence electrons. The summed E-state index contributed by atoms with van der Waals surface area (Å²) in [4.78, 5) is 0. The molecule has 1 aliphatic rings. The Morgan fingerprint density at radius 1 is 1.11 bits per heavy atom. The zero-order valence-electron chi connectivity index (χ0n) is 11.5. The van der Waals surface area contributed by atoms with Crippen molar-refractivity contribution >= 4 is 0 Å². The Kier molecular flexibility index (Phi) is 4.79. The first-order valence-electron chi connectivity index (χ1n) is 7.12. The van der Waals surface area contributed by atoms with Crippen LogP contribution >= 0.6 is 0 Å². The van der Waals surface area contributed by atoms with Crippen LogP contribution in [-0.4, -0.2) is 12.9 Å². The van der Waals surface area contributed by atoms with Gasteiger partial charge in [-0.3, -0.25) is 0 Å². The predicted octanol–water partition coefficient (Wildman–Crippen LogP) is 4.25. The van der Waals surface area contributed by atoms with Gasteiger partial charge in [0.2, 0.25) is 0 Å². The van der Waals surface area contributed by atoms with Crippen LogP contribution in [0.1, 0.15) is 51.5 Å². The predicted molar refractivity (Wildman–Crippen MR) is 73.4 cm³/mol. The fraction of sp³-hybridized carbons (Fsp3) is 0.625. The Hall–Kier alpha value is -0.860. The third-order valence-corrected chi connectivity index (χ3v) is 3.75. The van der Waals surface area contributed by atoms with E-state index in [2.05, 4.69) is 30.3 Å². The molecule has 0 aromatic heterocycles. The van der Waals surface area contributed by atoms with Crippen molar-refractivity contribution in [3.8, 4) is 0 Å². The molecule has 0 spiro atoms. The molecule has 0 bridgehead atoms. The highest BCUT2D eigenvalue weighted by atomic mass is 16.7. The Labute approximate surface area is 110 Å². The van der Waals surface area contributed by atoms with Crippen molar-refractivity contribution < 1.29 is 9.47 Å². The summed E-state index contributed by atoms with van der Waals surface area (Å²) >= 11 is 0. The summed E-state index contributed by atoms with van der Waals surface area (Å²) in [5, 5.41) is 0. The molecule has 1 saturated carbocycles. The standard InChI is InChI=1S/C16H24O2/c1-3-17-14(2)18-16(12-8-5-9-13-16)15-10-6-4-7-11-15/h4,6-7,10-11,14H,3,5,8-9,12-13H2,1-2H3. The zero-order valence-corrected chi connectivity index (χ0v) is 11.5. The van der Waals surface area contributed by atoms with Crippen molar-refractivity contribution in [2.45, 2.75) is 57.8 Å². The number of benzene rings is 1. The van der Waals surface area contributed by atoms with Crippen molar-refractivity contribution in [2.75, 3.05) is 6.61 Å². The first-order chi connectivity index (χ1) is 8.77. The van der Waals surface area contributed by atoms with Crippen LogP contribution in [0.25, 0.3) is 0 Å². The second-order valence-corrected chi connectivity index (χ2v) is 5.06. The van der Waals surface area contributed by atoms with E-state index in [0.29, 0.717) is 6.61 Å². The molecule has 0 saturated heterocycles. The van der Waals surface area contributed by atoms with E-state index < -0.39 is 0 Å². The quantitative estimate of drug-likeness (QED) is 0.725. The van der Waals surface area contributed by atoms with E-state index in [1.807, 2.05) is 13.8 Å². The van der Waals surface area contributed by atoms with E-state index in [9.17, 15) is 0 Å². The van der Waals surface area contributed by atoms with Crippen molar-refractivity contribution in [1.82, 2.24) is 0 Å². The van der Waals surface area contributed by atoms with Crippen molar-refractivity contribution in [3.63, 3.8) is 0 Å². The van der Waals surface area contributed by atoms with Gasteiger partial charge in [-0.2, -0.15) is 0 Å². The zero-order chi connectivity index (χ0) is 12.8. The maximum Gasteiger partial charge on any atom is 0.155 e. The van der Waals surface area contributed by atoms with Gasteiger partial charge in [-0.25, -0.2) is 0 Å². The maximum atomic E-state index is 6.28. The summed E-state index contributed by atoms with van der Waals surface area (Å²) in [6, 6.07) is 10.6. The highest BCUT2D eigenvalue weighted by molar-refractivity contribution is 5.23. The molecule has 2 rings (SSSR count). The van der Waals surface area contributed by atoms with Crippen molar-refractivity contribution in [2.24, 2.45) is 0 Å². The molecule has 2 heteroatoms. The molecule has 1 unspecified atom stereocenters. The van der Waals surface area contributed by atoms with Gasteiger partial charge in [0.15, 0.2) is 6.29 Å². The molecule has 2 nitrogen and oxygen atoms in total. The summed E-state index contributed by atoms with van der Waals surface area (Å²) in [6.07, 6.45) is 5.89. The van der Waals surface area contributed by atoms with Gasteiger partial charge in [-0.1, -0.05) is 49.6 Å². The average Bonchev–Trinajstić information content (AvgIpc) is 2.41. The highest BCUT2D eigenvalue weighted by Crippen LogP contribution is 2.41. The maximum absolute atomic E-state index is 6.28. The molecule has 18 heavy (non-hydrogen) atoms. The van der Waals surface area contributed by atoms with Gasteiger partial charge in [0, 0.05) is 6.61 Å². The fourth-order valence-corrected chi connectivity index (χ4v) is 2.93. The molecule has 1 aromatic rings. The molecule has 0 heterocycles. The highest BCUT2D eigenvalue weighted by Gasteiger charge is 2.36. The normalized spacial score (nSPS) is 20.6. The minimum atomic E-state index is -0.131. The molecular weight excluding hydrogens is 224 g/mol. The molecular formula is C16H24O2. The summed E-state index contributed by atoms with van der Waals surface area (Å²) in [5.74, 6) is 0. The van der Waals surface area contributed by atoms with Crippen LogP contribution in [0.15, 0.2) is 30.3 Å². The van der Waals surface area contributed by atoms with Crippen LogP contribution in [0.4, 0.5) is 0 Å². The smallest absolute Gasteiger partial charge is 0.155 e. The third kappa shape index (κ3) is 3.12. The minimum Gasteiger partial charge on any atom is -0.353 e. The van der Waals surface area contributed by atoms with Gasteiger partial charge in [0.1, 0.15) is 0 Å². The van der Waals surface area contributed by atoms with Crippen molar-refractivity contribution in [3.05, 3.63) is 35.9 Å². The molecule has 1 atom stereocenters. The molecule has 1 fully saturated rings. The second-order valence-electron chi connectivity index (χ2n) is 5.06. The average molecular weight is 248 g/mol. The number of rotatable bonds is 5. The lowest BCUT2D eigenvalue weighted by Crippen LogP contribution is -2.36. The lowest BCUT2D eigenvalue weighted by molar-refractivity contribution is -0.215. The first-order valence-corrected chi connectivity index (χ1v) is 7.12. The topological polar surface area (TPSA) is 18.5 Å². The van der Waals surface area contributed by atoms with Gasteiger partial charge in [0.05, 0.1) is 5.60 Å². The van der Waals surface area contributed by atoms with E-state index in [1.165, 1.54) is 24.8 Å². The molecule has 0 aliphatic heterocycles. The molecule has 1 aliphatic carbocycles. The number of ether oxygens (including phenoxy) is 2. The summed E-state index contributed by atoms with van der Waals surface area (Å²) < 4.78 is 11.9. The molecule has 0 N–H and O–H groups in total. The van der Waals surface area contributed by atoms with E-state index in [-0.39, 0.29) is 11.9 Å². The van der Waals surface area contributed by atoms with Crippen molar-refractivity contribution in [1.29, 1.82) is 0 Å². The first kappa shape index (κ1) is 13.6. The lowest BCUT2D eigenvalue weighted by atomic mass is 9.79. The molecule has 0 amide bonds. The van der Waals surface area contributed by atoms with Crippen LogP contribution < -0.4 is 0 Å². The van der Waals surface area contributed by atoms with Crippen LogP contribution in [-0.2, 0) is 15.1 Å². The Bertz CT molecular complexity index is 341. The minimum absolute atomic E-state index is 0.131. The third-order valence-electron chi connectivity index (χ3n) is 3.75. The lowest BCUT2D eigenvalue weighted by Gasteiger charge is -2.39. The Balaban J connectivity index is 2.18. The molecule has 0 radical (unpaired) electrons. The number of hydrogen-bond donors (Lipinski definition) is 0. The summed E-state index contributed by atoms with van der Waals surface area (Å²) in [7, 11) is 0. The van der Waals surface area contributed by atoms with Gasteiger partial charge >= 0.3 is 0 Å². The Morgan fingerprint density at radius 2 is 1.78 bits per heavy atom. The van der Waals surface area contributed by atoms with Gasteiger partial charge in [-0.15, -0.1) is 0 Å². The molecule has 1 aromatic carbocycles. The van der Waals surface area contributed by atoms with Crippen LogP contribution in [0, 0.1) is 0 Å². The number of hydrogen-bond acceptors (Lipinski definition) is 2. The van der Waals surface area contributed by atoms with E-state index in [4.69, 9.17) is 9.47 Å². The van der Waals surface area contributed by atoms with Gasteiger partial charge in [-0.05, 0) is 32.3 Å². The largest absolute Gasteiger partial charge is 0.353 e. The fourth-order valence-electron chi connectivity index (χ4n) is 2.93. The monoisotopic (exact) mass is 248 g/mol. The summed E-state index contributed by atoms with van der Waals surface area (Å²) in [5.41, 5.74) is 1.17. The SMILES string of the molecule is CCOC(C)OC1(c2ccccc2)CCCCC1. The van der Waals surface area contributed by atoms with E-state index >= 15 is 0 Å². The van der Waals surface area contributed by atoms with Gasteiger partial charge in [0.25, 0.3) is 0 Å². The van der Waals surface area contributed by atoms with Crippen LogP contribution in [0.3, 0.4) is 0 Å². The van der Waals surface area contributed by atoms with E-state index in [0.717, 1.165) is 12.8 Å². The van der Waals surface area contributed by atoms with E-state index in [1.54, 1.807) is 0 Å². The Morgan fingerprint density at radius 3 is 2.39 bits per heavy atom. The second kappa shape index (κ2) is 6.35.